The van der Waals surface area contributed by atoms with Gasteiger partial charge in [-0.15, -0.1) is 0 Å². The Morgan fingerprint density at radius 1 is 0.833 bits per heavy atom. The van der Waals surface area contributed by atoms with Crippen LogP contribution >= 0.6 is 0 Å². The minimum atomic E-state index is -0.662. The molecule has 4 rings (SSSR count). The molecule has 1 aliphatic rings. The number of hydrogen-bond acceptors (Lipinski definition) is 2. The second-order valence-electron chi connectivity index (χ2n) is 8.06. The summed E-state index contributed by atoms with van der Waals surface area (Å²) < 4.78 is 47.3. The second kappa shape index (κ2) is 8.25. The summed E-state index contributed by atoms with van der Waals surface area (Å²) in [5, 5.41) is 0. The van der Waals surface area contributed by atoms with Crippen LogP contribution in [0.5, 0.6) is 0 Å². The van der Waals surface area contributed by atoms with Crippen LogP contribution < -0.4 is 0 Å². The van der Waals surface area contributed by atoms with Crippen molar-refractivity contribution in [3.05, 3.63) is 94.8 Å². The largest absolute Gasteiger partial charge is 0.361 e. The fourth-order valence-corrected chi connectivity index (χ4v) is 4.24. The van der Waals surface area contributed by atoms with Crippen LogP contribution in [-0.2, 0) is 16.9 Å². The zero-order valence-electron chi connectivity index (χ0n) is 17.1. The average Bonchev–Trinajstić information content (AvgIpc) is 3.06. The zero-order chi connectivity index (χ0) is 21.3. The van der Waals surface area contributed by atoms with Crippen molar-refractivity contribution in [3.8, 4) is 11.1 Å². The molecule has 0 aliphatic carbocycles. The molecule has 1 unspecified atom stereocenters. The molecule has 1 heterocycles. The lowest BCUT2D eigenvalue weighted by Gasteiger charge is -2.31. The standard InChI is InChI=1S/C25H24F3NO/c1-29(2)11-3-10-25(20-5-7-21(26)8-6-20)24-9-4-17(12-19(24)16-30-25)18-13-22(27)15-23(28)14-18/h4-9,12-15H,3,10-11,16H2,1-2H3. The predicted molar refractivity (Wildman–Crippen MR) is 112 cm³/mol. The van der Waals surface area contributed by atoms with Gasteiger partial charge in [-0.05, 0) is 91.6 Å². The van der Waals surface area contributed by atoms with E-state index in [4.69, 9.17) is 4.74 Å². The Balaban J connectivity index is 1.75. The van der Waals surface area contributed by atoms with Gasteiger partial charge in [0.2, 0.25) is 0 Å². The molecule has 5 heteroatoms. The molecule has 0 spiro atoms. The summed E-state index contributed by atoms with van der Waals surface area (Å²) in [6, 6.07) is 15.7. The molecule has 1 atom stereocenters. The summed E-state index contributed by atoms with van der Waals surface area (Å²) in [5.41, 5.74) is 3.47. The molecule has 0 saturated carbocycles. The van der Waals surface area contributed by atoms with Crippen molar-refractivity contribution in [2.24, 2.45) is 0 Å². The van der Waals surface area contributed by atoms with E-state index >= 15 is 0 Å². The van der Waals surface area contributed by atoms with E-state index in [1.54, 1.807) is 12.1 Å². The molecule has 0 bridgehead atoms. The SMILES string of the molecule is CN(C)CCCC1(c2ccc(F)cc2)OCc2cc(-c3cc(F)cc(F)c3)ccc21. The third-order valence-electron chi connectivity index (χ3n) is 5.65. The van der Waals surface area contributed by atoms with Crippen molar-refractivity contribution in [2.45, 2.75) is 25.0 Å². The molecule has 0 amide bonds. The van der Waals surface area contributed by atoms with Gasteiger partial charge < -0.3 is 9.64 Å². The highest BCUT2D eigenvalue weighted by Gasteiger charge is 2.41. The quantitative estimate of drug-likeness (QED) is 0.502. The van der Waals surface area contributed by atoms with Crippen LogP contribution in [0.25, 0.3) is 11.1 Å². The molecule has 0 N–H and O–H groups in total. The van der Waals surface area contributed by atoms with Crippen LogP contribution in [0, 0.1) is 17.5 Å². The van der Waals surface area contributed by atoms with E-state index in [0.29, 0.717) is 12.2 Å². The van der Waals surface area contributed by atoms with E-state index in [9.17, 15) is 13.2 Å². The highest BCUT2D eigenvalue weighted by atomic mass is 19.1. The van der Waals surface area contributed by atoms with Gasteiger partial charge in [-0.3, -0.25) is 0 Å². The van der Waals surface area contributed by atoms with Gasteiger partial charge in [0.1, 0.15) is 23.1 Å². The highest BCUT2D eigenvalue weighted by Crippen LogP contribution is 2.46. The van der Waals surface area contributed by atoms with Gasteiger partial charge in [-0.1, -0.05) is 24.3 Å². The summed E-state index contributed by atoms with van der Waals surface area (Å²) in [6.45, 7) is 1.29. The van der Waals surface area contributed by atoms with Gasteiger partial charge >= 0.3 is 0 Å². The summed E-state index contributed by atoms with van der Waals surface area (Å²) >= 11 is 0. The molecule has 3 aromatic rings. The molecule has 2 nitrogen and oxygen atoms in total. The first-order valence-electron chi connectivity index (χ1n) is 10.0. The minimum Gasteiger partial charge on any atom is -0.361 e. The van der Waals surface area contributed by atoms with Crippen LogP contribution in [0.1, 0.15) is 29.5 Å². The number of ether oxygens (including phenoxy) is 1. The van der Waals surface area contributed by atoms with Gasteiger partial charge in [0.05, 0.1) is 6.61 Å². The third kappa shape index (κ3) is 4.00. The fraction of sp³-hybridized carbons (Fsp3) is 0.280. The first kappa shape index (κ1) is 20.6. The maximum atomic E-state index is 13.7. The number of rotatable bonds is 6. The Hall–Kier alpha value is -2.63. The molecule has 0 radical (unpaired) electrons. The lowest BCUT2D eigenvalue weighted by atomic mass is 9.81. The Kier molecular flexibility index (Phi) is 5.67. The molecule has 3 aromatic carbocycles. The zero-order valence-corrected chi connectivity index (χ0v) is 17.1. The average molecular weight is 411 g/mol. The highest BCUT2D eigenvalue weighted by molar-refractivity contribution is 5.66. The predicted octanol–water partition coefficient (Wildman–Crippen LogP) is 5.89. The van der Waals surface area contributed by atoms with Gasteiger partial charge in [0.25, 0.3) is 0 Å². The van der Waals surface area contributed by atoms with Crippen molar-refractivity contribution < 1.29 is 17.9 Å². The van der Waals surface area contributed by atoms with Gasteiger partial charge in [0.15, 0.2) is 0 Å². The van der Waals surface area contributed by atoms with E-state index in [1.165, 1.54) is 24.3 Å². The molecule has 0 aromatic heterocycles. The van der Waals surface area contributed by atoms with E-state index in [0.717, 1.165) is 47.7 Å². The maximum Gasteiger partial charge on any atom is 0.126 e. The molecule has 0 fully saturated rings. The van der Waals surface area contributed by atoms with E-state index < -0.39 is 17.2 Å². The number of hydrogen-bond donors (Lipinski definition) is 0. The first-order valence-corrected chi connectivity index (χ1v) is 10.0. The van der Waals surface area contributed by atoms with E-state index in [1.807, 2.05) is 32.3 Å². The summed E-state index contributed by atoms with van der Waals surface area (Å²) in [7, 11) is 4.05. The van der Waals surface area contributed by atoms with Crippen molar-refractivity contribution in [3.63, 3.8) is 0 Å². The van der Waals surface area contributed by atoms with Crippen LogP contribution in [0.4, 0.5) is 13.2 Å². The van der Waals surface area contributed by atoms with Crippen molar-refractivity contribution in [2.75, 3.05) is 20.6 Å². The number of benzene rings is 3. The Morgan fingerprint density at radius 3 is 2.20 bits per heavy atom. The van der Waals surface area contributed by atoms with Gasteiger partial charge in [-0.25, -0.2) is 13.2 Å². The van der Waals surface area contributed by atoms with Crippen LogP contribution in [-0.4, -0.2) is 25.5 Å². The normalized spacial score (nSPS) is 18.1. The molecular formula is C25H24F3NO. The Bertz CT molecular complexity index is 1030. The fourth-order valence-electron chi connectivity index (χ4n) is 4.24. The van der Waals surface area contributed by atoms with Crippen LogP contribution in [0.3, 0.4) is 0 Å². The molecule has 156 valence electrons. The third-order valence-corrected chi connectivity index (χ3v) is 5.65. The smallest absolute Gasteiger partial charge is 0.126 e. The van der Waals surface area contributed by atoms with Crippen molar-refractivity contribution >= 4 is 0 Å². The van der Waals surface area contributed by atoms with E-state index in [2.05, 4.69) is 4.90 Å². The van der Waals surface area contributed by atoms with Crippen LogP contribution in [0.2, 0.25) is 0 Å². The number of nitrogens with zero attached hydrogens (tertiary/aromatic N) is 1. The minimum absolute atomic E-state index is 0.288. The van der Waals surface area contributed by atoms with Crippen LogP contribution in [0.15, 0.2) is 60.7 Å². The van der Waals surface area contributed by atoms with Crippen molar-refractivity contribution in [1.29, 1.82) is 0 Å². The van der Waals surface area contributed by atoms with Crippen molar-refractivity contribution in [1.82, 2.24) is 4.90 Å². The summed E-state index contributed by atoms with van der Waals surface area (Å²) in [5.74, 6) is -1.50. The first-order chi connectivity index (χ1) is 14.4. The van der Waals surface area contributed by atoms with E-state index in [-0.39, 0.29) is 5.82 Å². The lowest BCUT2D eigenvalue weighted by molar-refractivity contribution is -0.0140. The Labute approximate surface area is 174 Å². The number of fused-ring (bicyclic) bond motifs is 1. The summed E-state index contributed by atoms with van der Waals surface area (Å²) in [4.78, 5) is 2.12. The van der Waals surface area contributed by atoms with Gasteiger partial charge in [-0.2, -0.15) is 0 Å². The van der Waals surface area contributed by atoms with Gasteiger partial charge in [0, 0.05) is 6.07 Å². The molecule has 30 heavy (non-hydrogen) atoms. The molecule has 0 saturated heterocycles. The number of halogens is 3. The maximum absolute atomic E-state index is 13.7. The monoisotopic (exact) mass is 411 g/mol. The summed E-state index contributed by atoms with van der Waals surface area (Å²) in [6.07, 6.45) is 1.65. The topological polar surface area (TPSA) is 12.5 Å². The Morgan fingerprint density at radius 2 is 1.53 bits per heavy atom. The second-order valence-corrected chi connectivity index (χ2v) is 8.06. The molecular weight excluding hydrogens is 387 g/mol. The molecule has 1 aliphatic heterocycles. The lowest BCUT2D eigenvalue weighted by Crippen LogP contribution is -2.28.